The first kappa shape index (κ1) is 18.9. The Balaban J connectivity index is 1.54. The number of benzene rings is 2. The summed E-state index contributed by atoms with van der Waals surface area (Å²) in [4.78, 5) is 13.8. The number of carbonyl (C=O) groups is 1. The smallest absolute Gasteiger partial charge is 0.243 e. The standard InChI is InChI=1S/C22H24N2O3S/c1-17(25)23-12-9-19-7-8-22(15-20(19)10-13-23)28(26,27)24-14-11-21(16-24)18-5-3-2-4-6-18/h2-8,11,15H,9-10,12-14,16H2,1H3. The van der Waals surface area contributed by atoms with Gasteiger partial charge in [0.1, 0.15) is 0 Å². The first-order chi connectivity index (χ1) is 13.4. The molecule has 0 N–H and O–H groups in total. The average molecular weight is 397 g/mol. The van der Waals surface area contributed by atoms with Crippen molar-refractivity contribution in [3.63, 3.8) is 0 Å². The zero-order valence-corrected chi connectivity index (χ0v) is 16.8. The number of fused-ring (bicyclic) bond motifs is 1. The molecule has 28 heavy (non-hydrogen) atoms. The molecule has 4 rings (SSSR count). The van der Waals surface area contributed by atoms with E-state index in [2.05, 4.69) is 0 Å². The summed E-state index contributed by atoms with van der Waals surface area (Å²) in [5.74, 6) is 0.0669. The summed E-state index contributed by atoms with van der Waals surface area (Å²) in [7, 11) is -3.55. The maximum Gasteiger partial charge on any atom is 0.243 e. The van der Waals surface area contributed by atoms with Gasteiger partial charge in [0.05, 0.1) is 4.90 Å². The van der Waals surface area contributed by atoms with Crippen LogP contribution in [0, 0.1) is 0 Å². The van der Waals surface area contributed by atoms with Crippen LogP contribution in [0.2, 0.25) is 0 Å². The molecule has 0 aromatic heterocycles. The average Bonchev–Trinajstić information content (AvgIpc) is 3.10. The van der Waals surface area contributed by atoms with Crippen LogP contribution in [0.3, 0.4) is 0 Å². The van der Waals surface area contributed by atoms with Gasteiger partial charge < -0.3 is 4.90 Å². The van der Waals surface area contributed by atoms with Gasteiger partial charge in [-0.15, -0.1) is 0 Å². The Morgan fingerprint density at radius 1 is 0.964 bits per heavy atom. The predicted molar refractivity (Wildman–Crippen MR) is 109 cm³/mol. The van der Waals surface area contributed by atoms with Gasteiger partial charge in [0.2, 0.25) is 15.9 Å². The quantitative estimate of drug-likeness (QED) is 0.802. The molecule has 6 heteroatoms. The van der Waals surface area contributed by atoms with Crippen molar-refractivity contribution < 1.29 is 13.2 Å². The van der Waals surface area contributed by atoms with Crippen molar-refractivity contribution in [2.45, 2.75) is 24.7 Å². The van der Waals surface area contributed by atoms with Gasteiger partial charge in [-0.2, -0.15) is 4.31 Å². The van der Waals surface area contributed by atoms with Gasteiger partial charge in [-0.1, -0.05) is 42.5 Å². The lowest BCUT2D eigenvalue weighted by atomic mass is 10.0. The number of sulfonamides is 1. The molecule has 0 fully saturated rings. The van der Waals surface area contributed by atoms with Crippen molar-refractivity contribution in [1.82, 2.24) is 9.21 Å². The lowest BCUT2D eigenvalue weighted by molar-refractivity contribution is -0.128. The molecule has 0 unspecified atom stereocenters. The van der Waals surface area contributed by atoms with Crippen molar-refractivity contribution in [2.24, 2.45) is 0 Å². The fourth-order valence-corrected chi connectivity index (χ4v) is 5.31. The van der Waals surface area contributed by atoms with Crippen LogP contribution in [-0.4, -0.2) is 49.7 Å². The molecule has 5 nitrogen and oxygen atoms in total. The van der Waals surface area contributed by atoms with Crippen LogP contribution in [0.4, 0.5) is 0 Å². The zero-order chi connectivity index (χ0) is 19.7. The molecule has 2 aliphatic rings. The second-order valence-corrected chi connectivity index (χ2v) is 9.27. The Labute approximate surface area is 166 Å². The van der Waals surface area contributed by atoms with Crippen LogP contribution in [0.15, 0.2) is 59.5 Å². The molecular weight excluding hydrogens is 372 g/mol. The Morgan fingerprint density at radius 2 is 1.68 bits per heavy atom. The van der Waals surface area contributed by atoms with Gasteiger partial charge >= 0.3 is 0 Å². The van der Waals surface area contributed by atoms with Crippen molar-refractivity contribution in [3.05, 3.63) is 71.3 Å². The van der Waals surface area contributed by atoms with Crippen LogP contribution < -0.4 is 0 Å². The highest BCUT2D eigenvalue weighted by atomic mass is 32.2. The predicted octanol–water partition coefficient (Wildman–Crippen LogP) is 2.72. The summed E-state index contributed by atoms with van der Waals surface area (Å²) in [5.41, 5.74) is 4.26. The van der Waals surface area contributed by atoms with Crippen molar-refractivity contribution in [1.29, 1.82) is 0 Å². The number of amides is 1. The maximum absolute atomic E-state index is 13.2. The van der Waals surface area contributed by atoms with Gasteiger partial charge in [0.15, 0.2) is 0 Å². The molecule has 0 bridgehead atoms. The Bertz CT molecular complexity index is 1030. The van der Waals surface area contributed by atoms with Crippen LogP contribution in [0.1, 0.15) is 23.6 Å². The topological polar surface area (TPSA) is 57.7 Å². The first-order valence-corrected chi connectivity index (χ1v) is 11.0. The minimum atomic E-state index is -3.55. The van der Waals surface area contributed by atoms with E-state index in [1.807, 2.05) is 47.4 Å². The monoisotopic (exact) mass is 396 g/mol. The molecule has 1 amide bonds. The summed E-state index contributed by atoms with van der Waals surface area (Å²) in [5, 5.41) is 0. The fraction of sp³-hybridized carbons (Fsp3) is 0.318. The molecule has 2 aromatic rings. The molecule has 0 atom stereocenters. The normalized spacial score (nSPS) is 17.8. The summed E-state index contributed by atoms with van der Waals surface area (Å²) in [6.07, 6.45) is 3.44. The van der Waals surface area contributed by atoms with E-state index in [-0.39, 0.29) is 5.91 Å². The van der Waals surface area contributed by atoms with E-state index in [1.54, 1.807) is 19.1 Å². The van der Waals surface area contributed by atoms with Crippen molar-refractivity contribution >= 4 is 21.5 Å². The highest BCUT2D eigenvalue weighted by Crippen LogP contribution is 2.28. The Hall–Kier alpha value is -2.44. The summed E-state index contributed by atoms with van der Waals surface area (Å²) in [6, 6.07) is 15.3. The summed E-state index contributed by atoms with van der Waals surface area (Å²) < 4.78 is 27.9. The van der Waals surface area contributed by atoms with Gasteiger partial charge in [-0.25, -0.2) is 8.42 Å². The molecule has 0 spiro atoms. The first-order valence-electron chi connectivity index (χ1n) is 9.57. The molecule has 0 saturated carbocycles. The third-order valence-corrected chi connectivity index (χ3v) is 7.40. The number of hydrogen-bond acceptors (Lipinski definition) is 3. The molecular formula is C22H24N2O3S. The number of carbonyl (C=O) groups excluding carboxylic acids is 1. The third-order valence-electron chi connectivity index (χ3n) is 5.60. The molecule has 2 aromatic carbocycles. The van der Waals surface area contributed by atoms with Crippen LogP contribution in [-0.2, 0) is 27.7 Å². The van der Waals surface area contributed by atoms with Gasteiger partial charge in [0.25, 0.3) is 0 Å². The van der Waals surface area contributed by atoms with Gasteiger partial charge in [-0.05, 0) is 47.2 Å². The zero-order valence-electron chi connectivity index (χ0n) is 16.0. The molecule has 0 saturated heterocycles. The van der Waals surface area contributed by atoms with E-state index >= 15 is 0 Å². The van der Waals surface area contributed by atoms with Crippen LogP contribution in [0.25, 0.3) is 5.57 Å². The largest absolute Gasteiger partial charge is 0.342 e. The molecule has 0 radical (unpaired) electrons. The fourth-order valence-electron chi connectivity index (χ4n) is 3.90. The van der Waals surface area contributed by atoms with E-state index in [0.29, 0.717) is 37.5 Å². The minimum Gasteiger partial charge on any atom is -0.342 e. The number of hydrogen-bond donors (Lipinski definition) is 0. The van der Waals surface area contributed by atoms with E-state index in [4.69, 9.17) is 0 Å². The highest BCUT2D eigenvalue weighted by Gasteiger charge is 2.29. The second kappa shape index (κ2) is 7.53. The van der Waals surface area contributed by atoms with E-state index in [9.17, 15) is 13.2 Å². The summed E-state index contributed by atoms with van der Waals surface area (Å²) in [6.45, 7) is 3.68. The van der Waals surface area contributed by atoms with Gasteiger partial charge in [-0.3, -0.25) is 4.79 Å². The van der Waals surface area contributed by atoms with Crippen molar-refractivity contribution in [3.8, 4) is 0 Å². The lowest BCUT2D eigenvalue weighted by Gasteiger charge is -2.18. The number of rotatable bonds is 3. The molecule has 2 heterocycles. The van der Waals surface area contributed by atoms with E-state index < -0.39 is 10.0 Å². The summed E-state index contributed by atoms with van der Waals surface area (Å²) >= 11 is 0. The SMILES string of the molecule is CC(=O)N1CCc2ccc(S(=O)(=O)N3CC=C(c4ccccc4)C3)cc2CC1. The van der Waals surface area contributed by atoms with Crippen LogP contribution in [0.5, 0.6) is 0 Å². The Morgan fingerprint density at radius 3 is 2.39 bits per heavy atom. The van der Waals surface area contributed by atoms with E-state index in [1.165, 1.54) is 4.31 Å². The lowest BCUT2D eigenvalue weighted by Crippen LogP contribution is -2.30. The maximum atomic E-state index is 13.2. The van der Waals surface area contributed by atoms with Crippen molar-refractivity contribution in [2.75, 3.05) is 26.2 Å². The van der Waals surface area contributed by atoms with Crippen LogP contribution >= 0.6 is 0 Å². The minimum absolute atomic E-state index is 0.0669. The molecule has 0 aliphatic carbocycles. The Kier molecular flexibility index (Phi) is 5.08. The highest BCUT2D eigenvalue weighted by molar-refractivity contribution is 7.89. The second-order valence-electron chi connectivity index (χ2n) is 7.33. The molecule has 2 aliphatic heterocycles. The van der Waals surface area contributed by atoms with Gasteiger partial charge in [0, 0.05) is 33.1 Å². The van der Waals surface area contributed by atoms with E-state index in [0.717, 1.165) is 28.7 Å². The molecule has 146 valence electrons. The third kappa shape index (κ3) is 3.62. The number of nitrogens with zero attached hydrogens (tertiary/aromatic N) is 2.